The van der Waals surface area contributed by atoms with Gasteiger partial charge >= 0.3 is 5.97 Å². The summed E-state index contributed by atoms with van der Waals surface area (Å²) in [6.45, 7) is -0.114. The summed E-state index contributed by atoms with van der Waals surface area (Å²) in [6, 6.07) is 7.36. The van der Waals surface area contributed by atoms with Crippen molar-refractivity contribution in [1.82, 2.24) is 4.90 Å². The molecular weight excluding hydrogens is 262 g/mol. The van der Waals surface area contributed by atoms with Crippen LogP contribution in [-0.4, -0.2) is 48.7 Å². The average Bonchev–Trinajstić information content (AvgIpc) is 2.28. The Morgan fingerprint density at radius 2 is 1.84 bits per heavy atom. The van der Waals surface area contributed by atoms with E-state index < -0.39 is 5.97 Å². The normalized spacial score (nSPS) is 12.2. The quantitative estimate of drug-likeness (QED) is 0.761. The molecule has 0 aliphatic carbocycles. The first-order chi connectivity index (χ1) is 8.82. The summed E-state index contributed by atoms with van der Waals surface area (Å²) < 4.78 is 0. The molecule has 1 rings (SSSR count). The summed E-state index contributed by atoms with van der Waals surface area (Å²) >= 11 is 5.05. The van der Waals surface area contributed by atoms with Gasteiger partial charge in [-0.05, 0) is 24.7 Å². The lowest BCUT2D eigenvalue weighted by Crippen LogP contribution is -2.37. The van der Waals surface area contributed by atoms with Crippen molar-refractivity contribution in [3.05, 3.63) is 29.8 Å². The SMILES string of the molecule is CN(C)c1ccc(C(C(N)=S)N(C)CC(=O)O)cc1. The van der Waals surface area contributed by atoms with E-state index in [4.69, 9.17) is 23.1 Å². The van der Waals surface area contributed by atoms with Crippen molar-refractivity contribution < 1.29 is 9.90 Å². The minimum absolute atomic E-state index is 0.114. The second kappa shape index (κ2) is 6.49. The topological polar surface area (TPSA) is 69.8 Å². The van der Waals surface area contributed by atoms with Crippen molar-refractivity contribution in [3.63, 3.8) is 0 Å². The lowest BCUT2D eigenvalue weighted by Gasteiger charge is -2.26. The Kier molecular flexibility index (Phi) is 5.26. The highest BCUT2D eigenvalue weighted by Gasteiger charge is 2.21. The Labute approximate surface area is 118 Å². The zero-order valence-electron chi connectivity index (χ0n) is 11.3. The third-order valence-corrected chi connectivity index (χ3v) is 3.04. The molecule has 1 atom stereocenters. The molecule has 0 heterocycles. The maximum atomic E-state index is 10.8. The van der Waals surface area contributed by atoms with Crippen LogP contribution in [0.2, 0.25) is 0 Å². The van der Waals surface area contributed by atoms with Crippen LogP contribution in [0.4, 0.5) is 5.69 Å². The molecule has 0 spiro atoms. The smallest absolute Gasteiger partial charge is 0.317 e. The minimum Gasteiger partial charge on any atom is -0.480 e. The number of thiocarbonyl (C=S) groups is 1. The molecule has 0 amide bonds. The molecule has 1 aromatic rings. The van der Waals surface area contributed by atoms with Gasteiger partial charge in [0.2, 0.25) is 0 Å². The minimum atomic E-state index is -0.909. The Balaban J connectivity index is 2.99. The molecule has 0 aliphatic heterocycles. The highest BCUT2D eigenvalue weighted by atomic mass is 32.1. The van der Waals surface area contributed by atoms with Crippen LogP contribution >= 0.6 is 12.2 Å². The predicted molar refractivity (Wildman–Crippen MR) is 80.6 cm³/mol. The van der Waals surface area contributed by atoms with Gasteiger partial charge in [-0.1, -0.05) is 24.4 Å². The molecule has 1 unspecified atom stereocenters. The van der Waals surface area contributed by atoms with Crippen molar-refractivity contribution >= 4 is 28.9 Å². The van der Waals surface area contributed by atoms with E-state index in [2.05, 4.69) is 0 Å². The number of nitrogens with two attached hydrogens (primary N) is 1. The third kappa shape index (κ3) is 4.18. The van der Waals surface area contributed by atoms with Crippen LogP contribution in [0.1, 0.15) is 11.6 Å². The van der Waals surface area contributed by atoms with Crippen LogP contribution in [0, 0.1) is 0 Å². The molecule has 0 radical (unpaired) electrons. The number of benzene rings is 1. The van der Waals surface area contributed by atoms with E-state index in [1.165, 1.54) is 0 Å². The number of likely N-dealkylation sites (N-methyl/N-ethyl adjacent to an activating group) is 1. The van der Waals surface area contributed by atoms with E-state index in [1.807, 2.05) is 43.3 Å². The first kappa shape index (κ1) is 15.4. The highest BCUT2D eigenvalue weighted by Crippen LogP contribution is 2.22. The van der Waals surface area contributed by atoms with E-state index >= 15 is 0 Å². The van der Waals surface area contributed by atoms with Crippen molar-refractivity contribution in [2.24, 2.45) is 5.73 Å². The Morgan fingerprint density at radius 1 is 1.32 bits per heavy atom. The van der Waals surface area contributed by atoms with Crippen LogP contribution in [0.5, 0.6) is 0 Å². The van der Waals surface area contributed by atoms with Gasteiger partial charge in [0, 0.05) is 19.8 Å². The molecule has 0 saturated carbocycles. The molecule has 0 saturated heterocycles. The van der Waals surface area contributed by atoms with Gasteiger partial charge in [0.15, 0.2) is 0 Å². The van der Waals surface area contributed by atoms with E-state index in [0.29, 0.717) is 0 Å². The highest BCUT2D eigenvalue weighted by molar-refractivity contribution is 7.80. The molecule has 5 nitrogen and oxygen atoms in total. The zero-order chi connectivity index (χ0) is 14.6. The second-order valence-corrected chi connectivity index (χ2v) is 5.07. The van der Waals surface area contributed by atoms with E-state index in [-0.39, 0.29) is 17.6 Å². The molecule has 1 aromatic carbocycles. The van der Waals surface area contributed by atoms with Gasteiger partial charge in [0.1, 0.15) is 0 Å². The van der Waals surface area contributed by atoms with Crippen LogP contribution in [0.15, 0.2) is 24.3 Å². The molecule has 0 fully saturated rings. The number of carbonyl (C=O) groups is 1. The number of carboxylic acid groups (broad SMARTS) is 1. The van der Waals surface area contributed by atoms with Gasteiger partial charge in [-0.3, -0.25) is 9.69 Å². The summed E-state index contributed by atoms with van der Waals surface area (Å²) in [7, 11) is 5.60. The van der Waals surface area contributed by atoms with Gasteiger partial charge in [0.05, 0.1) is 17.6 Å². The zero-order valence-corrected chi connectivity index (χ0v) is 12.1. The summed E-state index contributed by atoms with van der Waals surface area (Å²) in [5.41, 5.74) is 7.68. The van der Waals surface area contributed by atoms with Gasteiger partial charge < -0.3 is 15.7 Å². The Morgan fingerprint density at radius 3 is 2.21 bits per heavy atom. The number of hydrogen-bond donors (Lipinski definition) is 2. The van der Waals surface area contributed by atoms with Gasteiger partial charge in [-0.15, -0.1) is 0 Å². The fourth-order valence-corrected chi connectivity index (χ4v) is 2.21. The predicted octanol–water partition coefficient (Wildman–Crippen LogP) is 1.10. The average molecular weight is 281 g/mol. The first-order valence-electron chi connectivity index (χ1n) is 5.81. The summed E-state index contributed by atoms with van der Waals surface area (Å²) in [5.74, 6) is -0.909. The first-order valence-corrected chi connectivity index (χ1v) is 6.22. The lowest BCUT2D eigenvalue weighted by molar-refractivity contribution is -0.138. The summed E-state index contributed by atoms with van der Waals surface area (Å²) in [4.78, 5) is 14.7. The monoisotopic (exact) mass is 281 g/mol. The van der Waals surface area contributed by atoms with Gasteiger partial charge in [-0.25, -0.2) is 0 Å². The number of nitrogens with zero attached hydrogens (tertiary/aromatic N) is 2. The molecule has 104 valence electrons. The Hall–Kier alpha value is -1.66. The fourth-order valence-electron chi connectivity index (χ4n) is 1.90. The van der Waals surface area contributed by atoms with Crippen molar-refractivity contribution in [1.29, 1.82) is 0 Å². The van der Waals surface area contributed by atoms with Gasteiger partial charge in [0.25, 0.3) is 0 Å². The second-order valence-electron chi connectivity index (χ2n) is 4.60. The van der Waals surface area contributed by atoms with Crippen LogP contribution in [0.25, 0.3) is 0 Å². The molecular formula is C13H19N3O2S. The van der Waals surface area contributed by atoms with E-state index in [1.54, 1.807) is 11.9 Å². The summed E-state index contributed by atoms with van der Waals surface area (Å²) in [6.07, 6.45) is 0. The molecule has 19 heavy (non-hydrogen) atoms. The molecule has 3 N–H and O–H groups in total. The van der Waals surface area contributed by atoms with Crippen molar-refractivity contribution in [2.75, 3.05) is 32.6 Å². The number of rotatable bonds is 6. The molecule has 0 bridgehead atoms. The van der Waals surface area contributed by atoms with Crippen molar-refractivity contribution in [2.45, 2.75) is 6.04 Å². The third-order valence-electron chi connectivity index (χ3n) is 2.82. The maximum absolute atomic E-state index is 10.8. The number of anilines is 1. The Bertz CT molecular complexity index is 459. The molecule has 0 aliphatic rings. The number of carboxylic acids is 1. The summed E-state index contributed by atoms with van der Waals surface area (Å²) in [5, 5.41) is 8.85. The van der Waals surface area contributed by atoms with E-state index in [9.17, 15) is 4.79 Å². The van der Waals surface area contributed by atoms with Crippen LogP contribution < -0.4 is 10.6 Å². The maximum Gasteiger partial charge on any atom is 0.317 e. The largest absolute Gasteiger partial charge is 0.480 e. The molecule has 0 aromatic heterocycles. The number of hydrogen-bond acceptors (Lipinski definition) is 4. The van der Waals surface area contributed by atoms with Gasteiger partial charge in [-0.2, -0.15) is 0 Å². The fraction of sp³-hybridized carbons (Fsp3) is 0.385. The lowest BCUT2D eigenvalue weighted by atomic mass is 10.0. The standard InChI is InChI=1S/C13H19N3O2S/c1-15(2)10-6-4-9(5-7-10)12(13(14)19)16(3)8-11(17)18/h4-7,12H,8H2,1-3H3,(H2,14,19)(H,17,18). The molecule has 6 heteroatoms. The van der Waals surface area contributed by atoms with E-state index in [0.717, 1.165) is 11.3 Å². The van der Waals surface area contributed by atoms with Crippen molar-refractivity contribution in [3.8, 4) is 0 Å². The van der Waals surface area contributed by atoms with Crippen LogP contribution in [-0.2, 0) is 4.79 Å². The van der Waals surface area contributed by atoms with Crippen LogP contribution in [0.3, 0.4) is 0 Å². The number of aliphatic carboxylic acids is 1.